The topological polar surface area (TPSA) is 53.7 Å². The monoisotopic (exact) mass is 293 g/mol. The molecule has 2 unspecified atom stereocenters. The quantitative estimate of drug-likeness (QED) is 0.840. The van der Waals surface area contributed by atoms with Crippen molar-refractivity contribution < 1.29 is 14.2 Å². The van der Waals surface area contributed by atoms with Crippen LogP contribution in [0.2, 0.25) is 0 Å². The zero-order valence-corrected chi connectivity index (χ0v) is 13.1. The summed E-state index contributed by atoms with van der Waals surface area (Å²) >= 11 is 0. The van der Waals surface area contributed by atoms with Crippen molar-refractivity contribution in [2.24, 2.45) is 5.73 Å². The third-order valence-corrected chi connectivity index (χ3v) is 3.59. The molecule has 0 radical (unpaired) electrons. The molecule has 4 heteroatoms. The molecule has 0 aliphatic carbocycles. The summed E-state index contributed by atoms with van der Waals surface area (Å²) in [5, 5.41) is 0. The predicted octanol–water partition coefficient (Wildman–Crippen LogP) is 2.92. The van der Waals surface area contributed by atoms with Crippen molar-refractivity contribution in [3.8, 4) is 11.5 Å². The third kappa shape index (κ3) is 4.90. The maximum Gasteiger partial charge on any atom is 0.164 e. The van der Waals surface area contributed by atoms with Crippen LogP contribution in [0.1, 0.15) is 38.7 Å². The lowest BCUT2D eigenvalue weighted by molar-refractivity contribution is -0.0117. The molecule has 2 rings (SSSR count). The summed E-state index contributed by atoms with van der Waals surface area (Å²) in [5.41, 5.74) is 7.04. The molecule has 1 aliphatic rings. The van der Waals surface area contributed by atoms with E-state index in [-0.39, 0.29) is 12.1 Å². The lowest BCUT2D eigenvalue weighted by Gasteiger charge is -2.24. The maximum atomic E-state index is 6.06. The van der Waals surface area contributed by atoms with Gasteiger partial charge in [0.2, 0.25) is 0 Å². The zero-order valence-electron chi connectivity index (χ0n) is 13.1. The highest BCUT2D eigenvalue weighted by molar-refractivity contribution is 5.47. The zero-order chi connectivity index (χ0) is 15.1. The molecule has 2 N–H and O–H groups in total. The Kier molecular flexibility index (Phi) is 6.33. The lowest BCUT2D eigenvalue weighted by atomic mass is 10.1. The Morgan fingerprint density at radius 3 is 2.86 bits per heavy atom. The number of hydrogen-bond donors (Lipinski definition) is 1. The van der Waals surface area contributed by atoms with Crippen molar-refractivity contribution in [1.29, 1.82) is 0 Å². The van der Waals surface area contributed by atoms with Gasteiger partial charge in [-0.15, -0.1) is 0 Å². The summed E-state index contributed by atoms with van der Waals surface area (Å²) in [7, 11) is 0. The second-order valence-corrected chi connectivity index (χ2v) is 5.66. The van der Waals surface area contributed by atoms with Crippen LogP contribution in [0.15, 0.2) is 18.2 Å². The van der Waals surface area contributed by atoms with E-state index in [1.807, 2.05) is 26.0 Å². The summed E-state index contributed by atoms with van der Waals surface area (Å²) in [6.45, 7) is 6.02. The summed E-state index contributed by atoms with van der Waals surface area (Å²) in [5.74, 6) is 1.62. The van der Waals surface area contributed by atoms with Crippen LogP contribution in [-0.2, 0) is 11.2 Å². The van der Waals surface area contributed by atoms with Crippen LogP contribution in [0.4, 0.5) is 0 Å². The van der Waals surface area contributed by atoms with Crippen LogP contribution in [0.3, 0.4) is 0 Å². The standard InChI is InChI=1S/C17H27NO3/c1-3-19-16-9-6-7-14(11-13(2)18)17(16)21-12-15-8-4-5-10-20-15/h6-7,9,13,15H,3-5,8,10-12,18H2,1-2H3. The fraction of sp³-hybridized carbons (Fsp3) is 0.647. The Labute approximate surface area is 127 Å². The van der Waals surface area contributed by atoms with E-state index in [2.05, 4.69) is 6.07 Å². The molecule has 0 bridgehead atoms. The van der Waals surface area contributed by atoms with E-state index in [9.17, 15) is 0 Å². The van der Waals surface area contributed by atoms with Gasteiger partial charge in [0.15, 0.2) is 11.5 Å². The number of rotatable bonds is 7. The fourth-order valence-corrected chi connectivity index (χ4v) is 2.62. The van der Waals surface area contributed by atoms with Crippen LogP contribution in [0, 0.1) is 0 Å². The van der Waals surface area contributed by atoms with Gasteiger partial charge in [-0.2, -0.15) is 0 Å². The number of para-hydroxylation sites is 1. The van der Waals surface area contributed by atoms with Crippen molar-refractivity contribution >= 4 is 0 Å². The molecule has 1 fully saturated rings. The minimum Gasteiger partial charge on any atom is -0.490 e. The average Bonchev–Trinajstić information content (AvgIpc) is 2.47. The van der Waals surface area contributed by atoms with E-state index >= 15 is 0 Å². The molecule has 1 aromatic carbocycles. The van der Waals surface area contributed by atoms with Crippen molar-refractivity contribution in [2.75, 3.05) is 19.8 Å². The maximum absolute atomic E-state index is 6.06. The van der Waals surface area contributed by atoms with Crippen LogP contribution in [0.25, 0.3) is 0 Å². The highest BCUT2D eigenvalue weighted by Crippen LogP contribution is 2.32. The molecule has 1 aromatic rings. The van der Waals surface area contributed by atoms with Crippen LogP contribution in [-0.4, -0.2) is 32.0 Å². The predicted molar refractivity (Wildman–Crippen MR) is 84.1 cm³/mol. The Morgan fingerprint density at radius 2 is 2.19 bits per heavy atom. The molecule has 1 saturated heterocycles. The summed E-state index contributed by atoms with van der Waals surface area (Å²) in [4.78, 5) is 0. The second kappa shape index (κ2) is 8.25. The van der Waals surface area contributed by atoms with E-state index in [0.717, 1.165) is 42.9 Å². The first-order valence-electron chi connectivity index (χ1n) is 7.95. The molecular weight excluding hydrogens is 266 g/mol. The van der Waals surface area contributed by atoms with E-state index in [0.29, 0.717) is 13.2 Å². The lowest BCUT2D eigenvalue weighted by Crippen LogP contribution is -2.26. The van der Waals surface area contributed by atoms with Crippen molar-refractivity contribution in [3.63, 3.8) is 0 Å². The third-order valence-electron chi connectivity index (χ3n) is 3.59. The normalized spacial score (nSPS) is 20.0. The molecule has 0 aromatic heterocycles. The summed E-state index contributed by atoms with van der Waals surface area (Å²) < 4.78 is 17.5. The van der Waals surface area contributed by atoms with Gasteiger partial charge >= 0.3 is 0 Å². The van der Waals surface area contributed by atoms with Crippen LogP contribution >= 0.6 is 0 Å². The molecule has 1 aliphatic heterocycles. The van der Waals surface area contributed by atoms with E-state index in [1.165, 1.54) is 6.42 Å². The molecule has 0 amide bonds. The van der Waals surface area contributed by atoms with Gasteiger partial charge in [-0.25, -0.2) is 0 Å². The molecule has 0 spiro atoms. The molecular formula is C17H27NO3. The Morgan fingerprint density at radius 1 is 1.33 bits per heavy atom. The van der Waals surface area contributed by atoms with Gasteiger partial charge < -0.3 is 19.9 Å². The minimum absolute atomic E-state index is 0.0927. The Bertz CT molecular complexity index is 428. The van der Waals surface area contributed by atoms with Crippen molar-refractivity contribution in [3.05, 3.63) is 23.8 Å². The molecule has 4 nitrogen and oxygen atoms in total. The molecule has 0 saturated carbocycles. The van der Waals surface area contributed by atoms with E-state index in [1.54, 1.807) is 0 Å². The van der Waals surface area contributed by atoms with Gasteiger partial charge in [-0.1, -0.05) is 12.1 Å². The number of nitrogens with two attached hydrogens (primary N) is 1. The van der Waals surface area contributed by atoms with Gasteiger partial charge in [-0.05, 0) is 51.2 Å². The van der Waals surface area contributed by atoms with Gasteiger partial charge in [0.25, 0.3) is 0 Å². The van der Waals surface area contributed by atoms with E-state index < -0.39 is 0 Å². The van der Waals surface area contributed by atoms with Crippen LogP contribution < -0.4 is 15.2 Å². The molecule has 2 atom stereocenters. The van der Waals surface area contributed by atoms with Gasteiger partial charge in [0.1, 0.15) is 6.61 Å². The second-order valence-electron chi connectivity index (χ2n) is 5.66. The summed E-state index contributed by atoms with van der Waals surface area (Å²) in [6, 6.07) is 6.09. The first-order chi connectivity index (χ1) is 10.2. The SMILES string of the molecule is CCOc1cccc(CC(C)N)c1OCC1CCCCO1. The first-order valence-corrected chi connectivity index (χ1v) is 7.95. The smallest absolute Gasteiger partial charge is 0.164 e. The van der Waals surface area contributed by atoms with E-state index in [4.69, 9.17) is 19.9 Å². The summed E-state index contributed by atoms with van der Waals surface area (Å²) in [6.07, 6.45) is 4.41. The molecule has 1 heterocycles. The highest BCUT2D eigenvalue weighted by atomic mass is 16.5. The largest absolute Gasteiger partial charge is 0.490 e. The highest BCUT2D eigenvalue weighted by Gasteiger charge is 2.18. The van der Waals surface area contributed by atoms with Gasteiger partial charge in [-0.3, -0.25) is 0 Å². The average molecular weight is 293 g/mol. The number of hydrogen-bond acceptors (Lipinski definition) is 4. The first kappa shape index (κ1) is 16.1. The van der Waals surface area contributed by atoms with Crippen LogP contribution in [0.5, 0.6) is 11.5 Å². The Hall–Kier alpha value is -1.26. The minimum atomic E-state index is 0.0927. The van der Waals surface area contributed by atoms with Crippen molar-refractivity contribution in [2.45, 2.75) is 51.7 Å². The van der Waals surface area contributed by atoms with Crippen molar-refractivity contribution in [1.82, 2.24) is 0 Å². The molecule has 21 heavy (non-hydrogen) atoms. The van der Waals surface area contributed by atoms with Gasteiger partial charge in [0, 0.05) is 12.6 Å². The number of ether oxygens (including phenoxy) is 3. The van der Waals surface area contributed by atoms with Gasteiger partial charge in [0.05, 0.1) is 12.7 Å². The Balaban J connectivity index is 2.08. The fourth-order valence-electron chi connectivity index (χ4n) is 2.62. The molecule has 118 valence electrons. The number of benzene rings is 1.